The SMILES string of the molecule is CCc1nsc(Sc2ccccc2O)n1. The molecule has 0 spiro atoms. The van der Waals surface area contributed by atoms with Crippen LogP contribution in [0.3, 0.4) is 0 Å². The highest BCUT2D eigenvalue weighted by molar-refractivity contribution is 8.01. The molecule has 0 aliphatic rings. The Kier molecular flexibility index (Phi) is 3.23. The van der Waals surface area contributed by atoms with Gasteiger partial charge >= 0.3 is 0 Å². The third kappa shape index (κ3) is 2.49. The highest BCUT2D eigenvalue weighted by atomic mass is 32.2. The number of hydrogen-bond donors (Lipinski definition) is 1. The lowest BCUT2D eigenvalue weighted by Gasteiger charge is -1.99. The average Bonchev–Trinajstić information content (AvgIpc) is 2.69. The van der Waals surface area contributed by atoms with Crippen molar-refractivity contribution in [2.45, 2.75) is 22.6 Å². The van der Waals surface area contributed by atoms with Crippen LogP contribution in [0.1, 0.15) is 12.7 Å². The number of aryl methyl sites for hydroxylation is 1. The Labute approximate surface area is 96.4 Å². The molecule has 1 aromatic heterocycles. The van der Waals surface area contributed by atoms with Crippen molar-refractivity contribution in [3.05, 3.63) is 30.1 Å². The molecular weight excluding hydrogens is 228 g/mol. The molecule has 0 aliphatic heterocycles. The first kappa shape index (κ1) is 10.4. The number of phenolic OH excluding ortho intramolecular Hbond substituents is 1. The lowest BCUT2D eigenvalue weighted by atomic mass is 10.3. The Morgan fingerprint density at radius 1 is 1.40 bits per heavy atom. The van der Waals surface area contributed by atoms with Crippen LogP contribution in [0.4, 0.5) is 0 Å². The molecule has 0 amide bonds. The molecule has 0 bridgehead atoms. The second kappa shape index (κ2) is 4.63. The van der Waals surface area contributed by atoms with Crippen molar-refractivity contribution in [3.63, 3.8) is 0 Å². The minimum absolute atomic E-state index is 0.288. The Morgan fingerprint density at radius 3 is 2.87 bits per heavy atom. The number of aromatic nitrogens is 2. The van der Waals surface area contributed by atoms with E-state index in [2.05, 4.69) is 9.36 Å². The summed E-state index contributed by atoms with van der Waals surface area (Å²) in [6.07, 6.45) is 0.845. The normalized spacial score (nSPS) is 10.5. The van der Waals surface area contributed by atoms with Crippen LogP contribution in [0.2, 0.25) is 0 Å². The van der Waals surface area contributed by atoms with E-state index in [0.29, 0.717) is 0 Å². The summed E-state index contributed by atoms with van der Waals surface area (Å²) in [5.41, 5.74) is 0. The van der Waals surface area contributed by atoms with Crippen LogP contribution in [0.5, 0.6) is 5.75 Å². The molecule has 0 fully saturated rings. The van der Waals surface area contributed by atoms with Gasteiger partial charge in [-0.25, -0.2) is 4.98 Å². The molecule has 2 aromatic rings. The van der Waals surface area contributed by atoms with Crippen molar-refractivity contribution >= 4 is 23.3 Å². The molecule has 78 valence electrons. The van der Waals surface area contributed by atoms with Crippen LogP contribution >= 0.6 is 23.3 Å². The number of phenols is 1. The summed E-state index contributed by atoms with van der Waals surface area (Å²) in [5, 5.41) is 9.57. The number of nitrogens with zero attached hydrogens (tertiary/aromatic N) is 2. The Morgan fingerprint density at radius 2 is 2.20 bits per heavy atom. The first-order chi connectivity index (χ1) is 7.29. The molecule has 15 heavy (non-hydrogen) atoms. The number of hydrogen-bond acceptors (Lipinski definition) is 5. The molecule has 1 N–H and O–H groups in total. The zero-order valence-corrected chi connectivity index (χ0v) is 9.81. The van der Waals surface area contributed by atoms with Gasteiger partial charge in [0.05, 0.1) is 4.90 Å². The minimum atomic E-state index is 0.288. The molecule has 5 heteroatoms. The molecule has 0 saturated heterocycles. The van der Waals surface area contributed by atoms with Gasteiger partial charge in [-0.3, -0.25) is 0 Å². The third-order valence-corrected chi connectivity index (χ3v) is 3.68. The molecule has 3 nitrogen and oxygen atoms in total. The van der Waals surface area contributed by atoms with Crippen molar-refractivity contribution < 1.29 is 5.11 Å². The van der Waals surface area contributed by atoms with Gasteiger partial charge < -0.3 is 5.11 Å². The average molecular weight is 238 g/mol. The molecule has 1 aromatic carbocycles. The summed E-state index contributed by atoms with van der Waals surface area (Å²) in [4.78, 5) is 5.14. The smallest absolute Gasteiger partial charge is 0.175 e. The van der Waals surface area contributed by atoms with E-state index in [0.717, 1.165) is 21.5 Å². The molecule has 0 aliphatic carbocycles. The highest BCUT2D eigenvalue weighted by Crippen LogP contribution is 2.34. The van der Waals surface area contributed by atoms with Crippen LogP contribution in [0.15, 0.2) is 33.5 Å². The maximum Gasteiger partial charge on any atom is 0.175 e. The van der Waals surface area contributed by atoms with Crippen LogP contribution in [-0.2, 0) is 6.42 Å². The highest BCUT2D eigenvalue weighted by Gasteiger charge is 2.07. The van der Waals surface area contributed by atoms with Crippen molar-refractivity contribution in [3.8, 4) is 5.75 Å². The molecule has 0 radical (unpaired) electrons. The first-order valence-electron chi connectivity index (χ1n) is 4.58. The van der Waals surface area contributed by atoms with Gasteiger partial charge in [0, 0.05) is 6.42 Å². The zero-order valence-electron chi connectivity index (χ0n) is 8.17. The standard InChI is InChI=1S/C10H10N2OS2/c1-2-9-11-10(15-12-9)14-8-6-4-3-5-7(8)13/h3-6,13H,2H2,1H3. The predicted molar refractivity (Wildman–Crippen MR) is 61.5 cm³/mol. The van der Waals surface area contributed by atoms with E-state index in [1.165, 1.54) is 23.3 Å². The molecule has 0 atom stereocenters. The van der Waals surface area contributed by atoms with Crippen LogP contribution in [0.25, 0.3) is 0 Å². The predicted octanol–water partition coefficient (Wildman–Crippen LogP) is 2.96. The van der Waals surface area contributed by atoms with Gasteiger partial charge in [0.25, 0.3) is 0 Å². The van der Waals surface area contributed by atoms with Crippen molar-refractivity contribution in [1.29, 1.82) is 0 Å². The summed E-state index contributed by atoms with van der Waals surface area (Å²) in [7, 11) is 0. The Bertz CT molecular complexity index is 456. The van der Waals surface area contributed by atoms with Gasteiger partial charge in [0.2, 0.25) is 0 Å². The van der Waals surface area contributed by atoms with Gasteiger partial charge in [-0.2, -0.15) is 4.37 Å². The number of para-hydroxylation sites is 1. The molecule has 2 rings (SSSR count). The fourth-order valence-electron chi connectivity index (χ4n) is 1.06. The monoisotopic (exact) mass is 238 g/mol. The summed E-state index contributed by atoms with van der Waals surface area (Å²) >= 11 is 2.81. The van der Waals surface area contributed by atoms with Gasteiger partial charge in [0.15, 0.2) is 4.34 Å². The van der Waals surface area contributed by atoms with Crippen molar-refractivity contribution in [2.24, 2.45) is 0 Å². The van der Waals surface area contributed by atoms with Crippen LogP contribution in [0, 0.1) is 0 Å². The second-order valence-corrected chi connectivity index (χ2v) is 4.94. The summed E-state index contributed by atoms with van der Waals surface area (Å²) < 4.78 is 5.06. The summed E-state index contributed by atoms with van der Waals surface area (Å²) in [6, 6.07) is 7.23. The maximum atomic E-state index is 9.57. The topological polar surface area (TPSA) is 46.0 Å². The second-order valence-electron chi connectivity index (χ2n) is 2.90. The van der Waals surface area contributed by atoms with E-state index in [-0.39, 0.29) is 5.75 Å². The zero-order chi connectivity index (χ0) is 10.7. The molecule has 0 saturated carbocycles. The van der Waals surface area contributed by atoms with Gasteiger partial charge in [-0.15, -0.1) is 0 Å². The third-order valence-electron chi connectivity index (χ3n) is 1.83. The summed E-state index contributed by atoms with van der Waals surface area (Å²) in [6.45, 7) is 2.02. The summed E-state index contributed by atoms with van der Waals surface area (Å²) in [5.74, 6) is 1.15. The number of benzene rings is 1. The molecular formula is C10H10N2OS2. The van der Waals surface area contributed by atoms with E-state index in [4.69, 9.17) is 0 Å². The quantitative estimate of drug-likeness (QED) is 0.893. The molecule has 0 unspecified atom stereocenters. The lowest BCUT2D eigenvalue weighted by molar-refractivity contribution is 0.462. The van der Waals surface area contributed by atoms with Crippen LogP contribution in [-0.4, -0.2) is 14.5 Å². The van der Waals surface area contributed by atoms with E-state index < -0.39 is 0 Å². The van der Waals surface area contributed by atoms with Crippen molar-refractivity contribution in [1.82, 2.24) is 9.36 Å². The fourth-order valence-corrected chi connectivity index (χ4v) is 2.75. The van der Waals surface area contributed by atoms with Gasteiger partial charge in [-0.05, 0) is 23.7 Å². The van der Waals surface area contributed by atoms with Gasteiger partial charge in [0.1, 0.15) is 11.6 Å². The van der Waals surface area contributed by atoms with Crippen molar-refractivity contribution in [2.75, 3.05) is 0 Å². The lowest BCUT2D eigenvalue weighted by Crippen LogP contribution is -1.81. The van der Waals surface area contributed by atoms with E-state index >= 15 is 0 Å². The van der Waals surface area contributed by atoms with E-state index in [1.54, 1.807) is 12.1 Å². The number of rotatable bonds is 3. The Balaban J connectivity index is 2.18. The van der Waals surface area contributed by atoms with Gasteiger partial charge in [-0.1, -0.05) is 30.8 Å². The first-order valence-corrected chi connectivity index (χ1v) is 6.17. The largest absolute Gasteiger partial charge is 0.507 e. The van der Waals surface area contributed by atoms with E-state index in [1.807, 2.05) is 19.1 Å². The maximum absolute atomic E-state index is 9.57. The number of aromatic hydroxyl groups is 1. The Hall–Kier alpha value is -1.07. The van der Waals surface area contributed by atoms with Crippen LogP contribution < -0.4 is 0 Å². The fraction of sp³-hybridized carbons (Fsp3) is 0.200. The van der Waals surface area contributed by atoms with E-state index in [9.17, 15) is 5.11 Å². The molecule has 1 heterocycles. The minimum Gasteiger partial charge on any atom is -0.507 e.